The van der Waals surface area contributed by atoms with Crippen LogP contribution in [0.25, 0.3) is 0 Å². The van der Waals surface area contributed by atoms with Crippen molar-refractivity contribution in [2.45, 2.75) is 29.6 Å². The van der Waals surface area contributed by atoms with Gasteiger partial charge in [-0.05, 0) is 55.3 Å². The van der Waals surface area contributed by atoms with Gasteiger partial charge in [-0.15, -0.1) is 11.8 Å². The fraction of sp³-hybridized carbons (Fsp3) is 0.333. The Balaban J connectivity index is 1.38. The Bertz CT molecular complexity index is 1000. The van der Waals surface area contributed by atoms with Crippen LogP contribution in [0.1, 0.15) is 41.4 Å². The molecule has 5 rings (SSSR count). The lowest BCUT2D eigenvalue weighted by molar-refractivity contribution is 0.248. The smallest absolute Gasteiger partial charge is 0.126 e. The maximum atomic E-state index is 9.94. The lowest BCUT2D eigenvalue weighted by Gasteiger charge is -2.34. The normalized spacial score (nSPS) is 20.9. The third-order valence-electron chi connectivity index (χ3n) is 6.49. The monoisotopic (exact) mass is 431 g/mol. The van der Waals surface area contributed by atoms with Gasteiger partial charge in [0.15, 0.2) is 0 Å². The van der Waals surface area contributed by atoms with Crippen LogP contribution in [-0.2, 0) is 0 Å². The quantitative estimate of drug-likeness (QED) is 0.494. The first-order valence-corrected chi connectivity index (χ1v) is 12.2. The van der Waals surface area contributed by atoms with E-state index in [1.165, 1.54) is 48.5 Å². The molecule has 4 heteroatoms. The van der Waals surface area contributed by atoms with Crippen LogP contribution in [0, 0.1) is 0 Å². The van der Waals surface area contributed by atoms with E-state index >= 15 is 0 Å². The predicted molar refractivity (Wildman–Crippen MR) is 127 cm³/mol. The fourth-order valence-electron chi connectivity index (χ4n) is 4.87. The first kappa shape index (κ1) is 20.5. The summed E-state index contributed by atoms with van der Waals surface area (Å²) in [5.74, 6) is 2.63. The number of ether oxygens (including phenoxy) is 1. The van der Waals surface area contributed by atoms with Crippen molar-refractivity contribution in [1.29, 1.82) is 0 Å². The molecule has 0 bridgehead atoms. The lowest BCUT2D eigenvalue weighted by atomic mass is 9.76. The summed E-state index contributed by atoms with van der Waals surface area (Å²) in [7, 11) is 0. The number of rotatable bonds is 6. The van der Waals surface area contributed by atoms with E-state index in [1.807, 2.05) is 17.8 Å². The average Bonchev–Trinajstić information content (AvgIpc) is 3.33. The molecule has 1 saturated heterocycles. The Morgan fingerprint density at radius 3 is 2.45 bits per heavy atom. The van der Waals surface area contributed by atoms with Crippen molar-refractivity contribution in [2.24, 2.45) is 0 Å². The number of fused-ring (bicyclic) bond motifs is 1. The fourth-order valence-corrected chi connectivity index (χ4v) is 5.78. The van der Waals surface area contributed by atoms with Gasteiger partial charge in [0, 0.05) is 40.7 Å². The molecule has 2 heterocycles. The third kappa shape index (κ3) is 4.60. The van der Waals surface area contributed by atoms with Crippen molar-refractivity contribution in [3.8, 4) is 11.5 Å². The van der Waals surface area contributed by atoms with Crippen LogP contribution in [0.3, 0.4) is 0 Å². The minimum Gasteiger partial charge on any atom is -0.508 e. The SMILES string of the molecule is Oc1ccc2c(c1)OCC(c1ccccc1)C2c1ccc(SCCN2CCCC2)cc1. The van der Waals surface area contributed by atoms with Crippen molar-refractivity contribution in [2.75, 3.05) is 32.0 Å². The summed E-state index contributed by atoms with van der Waals surface area (Å²) in [6, 6.07) is 25.2. The number of hydrogen-bond acceptors (Lipinski definition) is 4. The Kier molecular flexibility index (Phi) is 6.19. The van der Waals surface area contributed by atoms with Crippen molar-refractivity contribution in [3.05, 3.63) is 89.5 Å². The van der Waals surface area contributed by atoms with Crippen LogP contribution < -0.4 is 4.74 Å². The van der Waals surface area contributed by atoms with Crippen molar-refractivity contribution < 1.29 is 9.84 Å². The zero-order valence-corrected chi connectivity index (χ0v) is 18.6. The number of phenolic OH excluding ortho intramolecular Hbond substituents is 1. The highest BCUT2D eigenvalue weighted by atomic mass is 32.2. The standard InChI is InChI=1S/C27H29NO2S/c29-22-10-13-24-26(18-22)30-19-25(20-6-2-1-3-7-20)27(24)21-8-11-23(12-9-21)31-17-16-28-14-4-5-15-28/h1-3,6-13,18,25,27,29H,4-5,14-17,19H2. The van der Waals surface area contributed by atoms with Crippen LogP contribution in [0.15, 0.2) is 77.7 Å². The Morgan fingerprint density at radius 1 is 0.903 bits per heavy atom. The minimum atomic E-state index is 0.204. The molecule has 0 amide bonds. The molecule has 3 aromatic carbocycles. The maximum Gasteiger partial charge on any atom is 0.126 e. The van der Waals surface area contributed by atoms with Gasteiger partial charge in [0.25, 0.3) is 0 Å². The van der Waals surface area contributed by atoms with E-state index < -0.39 is 0 Å². The van der Waals surface area contributed by atoms with Gasteiger partial charge in [0.2, 0.25) is 0 Å². The van der Waals surface area contributed by atoms with E-state index in [-0.39, 0.29) is 17.6 Å². The van der Waals surface area contributed by atoms with Crippen LogP contribution in [-0.4, -0.2) is 42.0 Å². The largest absolute Gasteiger partial charge is 0.508 e. The molecule has 0 spiro atoms. The zero-order valence-electron chi connectivity index (χ0n) is 17.7. The van der Waals surface area contributed by atoms with Gasteiger partial charge in [0.1, 0.15) is 11.5 Å². The van der Waals surface area contributed by atoms with E-state index in [9.17, 15) is 5.11 Å². The zero-order chi connectivity index (χ0) is 21.0. The molecule has 0 aliphatic carbocycles. The molecule has 3 aromatic rings. The lowest BCUT2D eigenvalue weighted by Crippen LogP contribution is -2.25. The number of nitrogens with zero attached hydrogens (tertiary/aromatic N) is 1. The highest BCUT2D eigenvalue weighted by Crippen LogP contribution is 2.47. The van der Waals surface area contributed by atoms with Crippen LogP contribution in [0.2, 0.25) is 0 Å². The number of likely N-dealkylation sites (tertiary alicyclic amines) is 1. The molecule has 2 aliphatic rings. The van der Waals surface area contributed by atoms with Crippen molar-refractivity contribution >= 4 is 11.8 Å². The van der Waals surface area contributed by atoms with Gasteiger partial charge in [-0.2, -0.15) is 0 Å². The second-order valence-electron chi connectivity index (χ2n) is 8.49. The summed E-state index contributed by atoms with van der Waals surface area (Å²) < 4.78 is 6.08. The molecular weight excluding hydrogens is 402 g/mol. The number of benzene rings is 3. The molecule has 1 fully saturated rings. The Hall–Kier alpha value is -2.43. The second kappa shape index (κ2) is 9.37. The van der Waals surface area contributed by atoms with E-state index in [2.05, 4.69) is 59.5 Å². The van der Waals surface area contributed by atoms with E-state index in [0.717, 1.165) is 17.1 Å². The highest BCUT2D eigenvalue weighted by molar-refractivity contribution is 7.99. The molecule has 2 atom stereocenters. The summed E-state index contributed by atoms with van der Waals surface area (Å²) in [6.45, 7) is 4.31. The Labute approximate surface area is 189 Å². The average molecular weight is 432 g/mol. The highest BCUT2D eigenvalue weighted by Gasteiger charge is 2.33. The molecule has 1 N–H and O–H groups in total. The van der Waals surface area contributed by atoms with Crippen molar-refractivity contribution in [3.63, 3.8) is 0 Å². The Morgan fingerprint density at radius 2 is 1.68 bits per heavy atom. The molecule has 31 heavy (non-hydrogen) atoms. The van der Waals surface area contributed by atoms with E-state index in [0.29, 0.717) is 6.61 Å². The summed E-state index contributed by atoms with van der Waals surface area (Å²) in [5.41, 5.74) is 3.73. The van der Waals surface area contributed by atoms with Crippen molar-refractivity contribution in [1.82, 2.24) is 4.90 Å². The summed E-state index contributed by atoms with van der Waals surface area (Å²) in [6.07, 6.45) is 2.71. The molecule has 160 valence electrons. The first-order valence-electron chi connectivity index (χ1n) is 11.2. The summed E-state index contributed by atoms with van der Waals surface area (Å²) >= 11 is 1.95. The van der Waals surface area contributed by atoms with Crippen LogP contribution in [0.4, 0.5) is 0 Å². The van der Waals surface area contributed by atoms with E-state index in [4.69, 9.17) is 4.74 Å². The van der Waals surface area contributed by atoms with Gasteiger partial charge in [-0.25, -0.2) is 0 Å². The van der Waals surface area contributed by atoms with Gasteiger partial charge < -0.3 is 14.7 Å². The van der Waals surface area contributed by atoms with Crippen LogP contribution in [0.5, 0.6) is 11.5 Å². The summed E-state index contributed by atoms with van der Waals surface area (Å²) in [5, 5.41) is 9.94. The third-order valence-corrected chi connectivity index (χ3v) is 7.49. The molecule has 0 aromatic heterocycles. The van der Waals surface area contributed by atoms with E-state index in [1.54, 1.807) is 12.1 Å². The number of aromatic hydroxyl groups is 1. The molecule has 0 saturated carbocycles. The molecule has 2 unspecified atom stereocenters. The predicted octanol–water partition coefficient (Wildman–Crippen LogP) is 5.89. The van der Waals surface area contributed by atoms with Crippen LogP contribution >= 0.6 is 11.8 Å². The van der Waals surface area contributed by atoms with Gasteiger partial charge in [-0.3, -0.25) is 0 Å². The topological polar surface area (TPSA) is 32.7 Å². The van der Waals surface area contributed by atoms with Gasteiger partial charge in [0.05, 0.1) is 6.61 Å². The molecular formula is C27H29NO2S. The maximum absolute atomic E-state index is 9.94. The first-order chi connectivity index (χ1) is 15.3. The molecule has 3 nitrogen and oxygen atoms in total. The number of phenols is 1. The molecule has 2 aliphatic heterocycles. The minimum absolute atomic E-state index is 0.204. The second-order valence-corrected chi connectivity index (χ2v) is 9.66. The number of hydrogen-bond donors (Lipinski definition) is 1. The number of thioether (sulfide) groups is 1. The van der Waals surface area contributed by atoms with Gasteiger partial charge in [-0.1, -0.05) is 48.5 Å². The molecule has 0 radical (unpaired) electrons. The summed E-state index contributed by atoms with van der Waals surface area (Å²) in [4.78, 5) is 3.90. The van der Waals surface area contributed by atoms with Gasteiger partial charge >= 0.3 is 0 Å².